The number of anilines is 1. The minimum absolute atomic E-state index is 0.162. The zero-order valence-corrected chi connectivity index (χ0v) is 17.9. The molecule has 1 N–H and O–H groups in total. The van der Waals surface area contributed by atoms with Gasteiger partial charge in [0, 0.05) is 5.56 Å². The van der Waals surface area contributed by atoms with E-state index in [1.807, 2.05) is 55.6 Å². The van der Waals surface area contributed by atoms with Crippen molar-refractivity contribution in [2.24, 2.45) is 0 Å². The summed E-state index contributed by atoms with van der Waals surface area (Å²) in [6.45, 7) is 4.41. The first-order valence-corrected chi connectivity index (χ1v) is 10.7. The molecule has 2 aromatic carbocycles. The molecule has 7 heteroatoms. The standard InChI is InChI=1S/C22H20N2O3S2/c1-13-5-7-17(18(8-13)26-3)27-11-15-10-20(28-12-15)21(25)24-22-23-16-6-4-14(2)9-19(16)29-22/h4-10,12H,11H2,1-3H3,(H,23,24,25). The number of thiophene rings is 1. The molecule has 4 aromatic rings. The SMILES string of the molecule is COc1cc(C)ccc1OCc1csc(C(=O)Nc2nc3ccc(C)cc3s2)c1. The highest BCUT2D eigenvalue weighted by Crippen LogP contribution is 2.30. The molecule has 0 unspecified atom stereocenters. The second kappa shape index (κ2) is 8.23. The van der Waals surface area contributed by atoms with Gasteiger partial charge in [0.25, 0.3) is 5.91 Å². The molecule has 0 fully saturated rings. The van der Waals surface area contributed by atoms with E-state index in [2.05, 4.69) is 16.4 Å². The fourth-order valence-corrected chi connectivity index (χ4v) is 4.62. The van der Waals surface area contributed by atoms with Crippen molar-refractivity contribution in [1.82, 2.24) is 4.98 Å². The molecule has 5 nitrogen and oxygen atoms in total. The number of fused-ring (bicyclic) bond motifs is 1. The van der Waals surface area contributed by atoms with Crippen LogP contribution in [0, 0.1) is 13.8 Å². The Balaban J connectivity index is 1.42. The van der Waals surface area contributed by atoms with E-state index >= 15 is 0 Å². The van der Waals surface area contributed by atoms with E-state index in [1.54, 1.807) is 7.11 Å². The predicted octanol–water partition coefficient (Wildman–Crippen LogP) is 5.81. The lowest BCUT2D eigenvalue weighted by atomic mass is 10.2. The van der Waals surface area contributed by atoms with Crippen LogP contribution in [0.3, 0.4) is 0 Å². The Hall–Kier alpha value is -2.90. The van der Waals surface area contributed by atoms with E-state index < -0.39 is 0 Å². The molecule has 0 aliphatic rings. The average molecular weight is 425 g/mol. The Morgan fingerprint density at radius 1 is 1.07 bits per heavy atom. The molecule has 2 aromatic heterocycles. The van der Waals surface area contributed by atoms with Crippen molar-refractivity contribution in [2.45, 2.75) is 20.5 Å². The van der Waals surface area contributed by atoms with Gasteiger partial charge in [-0.1, -0.05) is 23.5 Å². The van der Waals surface area contributed by atoms with Gasteiger partial charge in [-0.05, 0) is 60.7 Å². The molecule has 1 amide bonds. The second-order valence-corrected chi connectivity index (χ2v) is 8.65. The average Bonchev–Trinajstić information content (AvgIpc) is 3.33. The predicted molar refractivity (Wildman–Crippen MR) is 119 cm³/mol. The minimum atomic E-state index is -0.162. The number of aryl methyl sites for hydroxylation is 2. The van der Waals surface area contributed by atoms with Crippen LogP contribution in [0.2, 0.25) is 0 Å². The van der Waals surface area contributed by atoms with Crippen LogP contribution in [0.5, 0.6) is 11.5 Å². The third-order valence-electron chi connectivity index (χ3n) is 4.36. The van der Waals surface area contributed by atoms with Gasteiger partial charge < -0.3 is 9.47 Å². The lowest BCUT2D eigenvalue weighted by molar-refractivity contribution is 0.103. The van der Waals surface area contributed by atoms with E-state index in [0.717, 1.165) is 21.3 Å². The summed E-state index contributed by atoms with van der Waals surface area (Å²) < 4.78 is 12.3. The Kier molecular flexibility index (Phi) is 5.51. The highest BCUT2D eigenvalue weighted by Gasteiger charge is 2.13. The molecule has 0 saturated heterocycles. The topological polar surface area (TPSA) is 60.5 Å². The molecule has 0 aliphatic heterocycles. The molecule has 0 saturated carbocycles. The number of amides is 1. The number of rotatable bonds is 6. The number of nitrogens with zero attached hydrogens (tertiary/aromatic N) is 1. The maximum atomic E-state index is 12.6. The van der Waals surface area contributed by atoms with Crippen LogP contribution < -0.4 is 14.8 Å². The molecule has 0 spiro atoms. The Morgan fingerprint density at radius 3 is 2.69 bits per heavy atom. The van der Waals surface area contributed by atoms with E-state index in [9.17, 15) is 4.79 Å². The van der Waals surface area contributed by atoms with Crippen LogP contribution in [0.4, 0.5) is 5.13 Å². The smallest absolute Gasteiger partial charge is 0.267 e. The van der Waals surface area contributed by atoms with Crippen LogP contribution in [-0.4, -0.2) is 18.0 Å². The van der Waals surface area contributed by atoms with Crippen LogP contribution in [0.15, 0.2) is 47.8 Å². The van der Waals surface area contributed by atoms with Gasteiger partial charge in [0.15, 0.2) is 16.6 Å². The van der Waals surface area contributed by atoms with E-state index in [4.69, 9.17) is 9.47 Å². The molecular weight excluding hydrogens is 404 g/mol. The quantitative estimate of drug-likeness (QED) is 0.424. The first-order chi connectivity index (χ1) is 14.0. The van der Waals surface area contributed by atoms with Crippen LogP contribution >= 0.6 is 22.7 Å². The molecule has 0 bridgehead atoms. The molecule has 2 heterocycles. The summed E-state index contributed by atoms with van der Waals surface area (Å²) in [4.78, 5) is 17.7. The zero-order valence-electron chi connectivity index (χ0n) is 16.3. The fourth-order valence-electron chi connectivity index (χ4n) is 2.87. The number of methoxy groups -OCH3 is 1. The van der Waals surface area contributed by atoms with Gasteiger partial charge in [0.05, 0.1) is 22.2 Å². The third-order valence-corrected chi connectivity index (χ3v) is 6.27. The number of benzene rings is 2. The van der Waals surface area contributed by atoms with Crippen molar-refractivity contribution in [3.8, 4) is 11.5 Å². The largest absolute Gasteiger partial charge is 0.493 e. The van der Waals surface area contributed by atoms with Crippen LogP contribution in [-0.2, 0) is 6.61 Å². The van der Waals surface area contributed by atoms with Gasteiger partial charge >= 0.3 is 0 Å². The van der Waals surface area contributed by atoms with E-state index in [-0.39, 0.29) is 5.91 Å². The number of hydrogen-bond acceptors (Lipinski definition) is 6. The number of carbonyl (C=O) groups is 1. The first kappa shape index (κ1) is 19.4. The monoisotopic (exact) mass is 424 g/mol. The number of aromatic nitrogens is 1. The minimum Gasteiger partial charge on any atom is -0.493 e. The van der Waals surface area contributed by atoms with Crippen molar-refractivity contribution in [1.29, 1.82) is 0 Å². The Bertz CT molecular complexity index is 1180. The third kappa shape index (κ3) is 4.41. The lowest BCUT2D eigenvalue weighted by Gasteiger charge is -2.10. The van der Waals surface area contributed by atoms with E-state index in [0.29, 0.717) is 28.1 Å². The number of thiazole rings is 1. The zero-order chi connectivity index (χ0) is 20.4. The summed E-state index contributed by atoms with van der Waals surface area (Å²) in [6, 6.07) is 13.7. The number of hydrogen-bond donors (Lipinski definition) is 1. The summed E-state index contributed by atoms with van der Waals surface area (Å²) >= 11 is 2.86. The molecule has 4 rings (SSSR count). The molecule has 0 radical (unpaired) electrons. The van der Waals surface area contributed by atoms with Crippen molar-refractivity contribution in [3.05, 3.63) is 69.4 Å². The van der Waals surface area contributed by atoms with Crippen LogP contribution in [0.25, 0.3) is 10.2 Å². The van der Waals surface area contributed by atoms with Crippen molar-refractivity contribution < 1.29 is 14.3 Å². The van der Waals surface area contributed by atoms with Crippen LogP contribution in [0.1, 0.15) is 26.4 Å². The molecule has 0 atom stereocenters. The van der Waals surface area contributed by atoms with Crippen molar-refractivity contribution in [3.63, 3.8) is 0 Å². The summed E-state index contributed by atoms with van der Waals surface area (Å²) in [6.07, 6.45) is 0. The maximum absolute atomic E-state index is 12.6. The van der Waals surface area contributed by atoms with Gasteiger partial charge in [-0.15, -0.1) is 11.3 Å². The molecule has 29 heavy (non-hydrogen) atoms. The summed E-state index contributed by atoms with van der Waals surface area (Å²) in [7, 11) is 1.62. The molecule has 148 valence electrons. The summed E-state index contributed by atoms with van der Waals surface area (Å²) in [5.74, 6) is 1.22. The highest BCUT2D eigenvalue weighted by molar-refractivity contribution is 7.22. The van der Waals surface area contributed by atoms with Gasteiger partial charge in [-0.2, -0.15) is 0 Å². The maximum Gasteiger partial charge on any atom is 0.267 e. The van der Waals surface area contributed by atoms with Gasteiger partial charge in [-0.3, -0.25) is 10.1 Å². The molecular formula is C22H20N2O3S2. The van der Waals surface area contributed by atoms with E-state index in [1.165, 1.54) is 28.2 Å². The fraction of sp³-hybridized carbons (Fsp3) is 0.182. The Labute approximate surface area is 176 Å². The number of carbonyl (C=O) groups excluding carboxylic acids is 1. The first-order valence-electron chi connectivity index (χ1n) is 9.05. The second-order valence-electron chi connectivity index (χ2n) is 6.71. The van der Waals surface area contributed by atoms with Crippen molar-refractivity contribution >= 4 is 43.9 Å². The molecule has 0 aliphatic carbocycles. The van der Waals surface area contributed by atoms with Gasteiger partial charge in [0.1, 0.15) is 6.61 Å². The highest BCUT2D eigenvalue weighted by atomic mass is 32.1. The normalized spacial score (nSPS) is 10.9. The van der Waals surface area contributed by atoms with Crippen molar-refractivity contribution in [2.75, 3.05) is 12.4 Å². The summed E-state index contributed by atoms with van der Waals surface area (Å²) in [5, 5.41) is 5.43. The number of ether oxygens (including phenoxy) is 2. The number of nitrogens with one attached hydrogen (secondary N) is 1. The lowest BCUT2D eigenvalue weighted by Crippen LogP contribution is -2.09. The van der Waals surface area contributed by atoms with Gasteiger partial charge in [-0.25, -0.2) is 4.98 Å². The Morgan fingerprint density at radius 2 is 1.86 bits per heavy atom. The van der Waals surface area contributed by atoms with Gasteiger partial charge in [0.2, 0.25) is 0 Å². The summed E-state index contributed by atoms with van der Waals surface area (Å²) in [5.41, 5.74) is 4.10.